The van der Waals surface area contributed by atoms with Crippen LogP contribution in [-0.4, -0.2) is 24.6 Å². The zero-order chi connectivity index (χ0) is 14.2. The largest absolute Gasteiger partial charge is 0.465 e. The van der Waals surface area contributed by atoms with Gasteiger partial charge in [-0.05, 0) is 31.0 Å². The lowest BCUT2D eigenvalue weighted by Crippen LogP contribution is -2.19. The van der Waals surface area contributed by atoms with Crippen molar-refractivity contribution in [2.75, 3.05) is 13.7 Å². The molecule has 1 aromatic heterocycles. The van der Waals surface area contributed by atoms with Crippen LogP contribution in [0, 0.1) is 5.92 Å². The van der Waals surface area contributed by atoms with E-state index in [1.54, 1.807) is 12.3 Å². The molecule has 0 radical (unpaired) electrons. The van der Waals surface area contributed by atoms with Gasteiger partial charge in [0.15, 0.2) is 0 Å². The van der Waals surface area contributed by atoms with Crippen LogP contribution in [0.5, 0.6) is 0 Å². The van der Waals surface area contributed by atoms with Gasteiger partial charge in [-0.1, -0.05) is 32.1 Å². The average molecular weight is 276 g/mol. The molecule has 1 N–H and O–H groups in total. The fourth-order valence-corrected chi connectivity index (χ4v) is 2.77. The van der Waals surface area contributed by atoms with Gasteiger partial charge in [-0.3, -0.25) is 4.98 Å². The molecule has 1 aromatic rings. The normalized spacial score (nSPS) is 16.1. The van der Waals surface area contributed by atoms with Crippen molar-refractivity contribution in [3.63, 3.8) is 0 Å². The van der Waals surface area contributed by atoms with E-state index in [9.17, 15) is 4.79 Å². The third-order valence-electron chi connectivity index (χ3n) is 4.01. The number of ether oxygens (including phenoxy) is 1. The molecule has 20 heavy (non-hydrogen) atoms. The van der Waals surface area contributed by atoms with Crippen LogP contribution in [0.3, 0.4) is 0 Å². The number of nitrogens with zero attached hydrogens (tertiary/aromatic N) is 1. The topological polar surface area (TPSA) is 51.2 Å². The van der Waals surface area contributed by atoms with E-state index >= 15 is 0 Å². The van der Waals surface area contributed by atoms with Crippen LogP contribution >= 0.6 is 0 Å². The molecule has 0 bridgehead atoms. The van der Waals surface area contributed by atoms with Gasteiger partial charge in [-0.25, -0.2) is 4.79 Å². The molecule has 1 aliphatic carbocycles. The second kappa shape index (κ2) is 8.00. The minimum Gasteiger partial charge on any atom is -0.465 e. The second-order valence-corrected chi connectivity index (χ2v) is 5.50. The van der Waals surface area contributed by atoms with Crippen molar-refractivity contribution in [1.29, 1.82) is 0 Å². The number of hydrogen-bond acceptors (Lipinski definition) is 4. The van der Waals surface area contributed by atoms with Crippen molar-refractivity contribution >= 4 is 5.97 Å². The number of rotatable bonds is 6. The first-order valence-corrected chi connectivity index (χ1v) is 7.53. The molecule has 0 saturated heterocycles. The molecule has 0 atom stereocenters. The average Bonchev–Trinajstić information content (AvgIpc) is 2.52. The molecule has 4 nitrogen and oxygen atoms in total. The fourth-order valence-electron chi connectivity index (χ4n) is 2.77. The lowest BCUT2D eigenvalue weighted by atomic mass is 9.87. The van der Waals surface area contributed by atoms with E-state index in [4.69, 9.17) is 0 Å². The maximum absolute atomic E-state index is 11.3. The van der Waals surface area contributed by atoms with Crippen LogP contribution in [-0.2, 0) is 11.3 Å². The third-order valence-corrected chi connectivity index (χ3v) is 4.01. The summed E-state index contributed by atoms with van der Waals surface area (Å²) in [7, 11) is 1.38. The summed E-state index contributed by atoms with van der Waals surface area (Å²) in [4.78, 5) is 15.6. The monoisotopic (exact) mass is 276 g/mol. The Balaban J connectivity index is 1.67. The highest BCUT2D eigenvalue weighted by molar-refractivity contribution is 5.88. The van der Waals surface area contributed by atoms with Crippen LogP contribution in [0.25, 0.3) is 0 Å². The molecular weight excluding hydrogens is 252 g/mol. The summed E-state index contributed by atoms with van der Waals surface area (Å²) in [5.41, 5.74) is 1.46. The Kier molecular flexibility index (Phi) is 5.99. The summed E-state index contributed by atoms with van der Waals surface area (Å²) < 4.78 is 4.65. The molecule has 1 saturated carbocycles. The second-order valence-electron chi connectivity index (χ2n) is 5.50. The Bertz CT molecular complexity index is 411. The standard InChI is InChI=1S/C16H24N2O2/c1-20-16(19)14-7-8-15(18-11-14)12-17-10-9-13-5-3-2-4-6-13/h7-8,11,13,17H,2-6,9-10,12H2,1H3. The Morgan fingerprint density at radius 3 is 2.80 bits per heavy atom. The van der Waals surface area contributed by atoms with Crippen LogP contribution < -0.4 is 5.32 Å². The maximum atomic E-state index is 11.3. The molecule has 0 spiro atoms. The van der Waals surface area contributed by atoms with Crippen molar-refractivity contribution in [3.05, 3.63) is 29.6 Å². The minimum absolute atomic E-state index is 0.339. The van der Waals surface area contributed by atoms with Crippen molar-refractivity contribution in [1.82, 2.24) is 10.3 Å². The van der Waals surface area contributed by atoms with Gasteiger partial charge < -0.3 is 10.1 Å². The van der Waals surface area contributed by atoms with Gasteiger partial charge in [0.25, 0.3) is 0 Å². The molecular formula is C16H24N2O2. The number of carbonyl (C=O) groups is 1. The Hall–Kier alpha value is -1.42. The van der Waals surface area contributed by atoms with Gasteiger partial charge in [0.2, 0.25) is 0 Å². The summed E-state index contributed by atoms with van der Waals surface area (Å²) in [6.07, 6.45) is 9.86. The molecule has 0 aliphatic heterocycles. The Labute approximate surface area is 120 Å². The smallest absolute Gasteiger partial charge is 0.339 e. The van der Waals surface area contributed by atoms with E-state index < -0.39 is 0 Å². The predicted molar refractivity (Wildman–Crippen MR) is 78.5 cm³/mol. The van der Waals surface area contributed by atoms with Crippen LogP contribution in [0.1, 0.15) is 54.6 Å². The quantitative estimate of drug-likeness (QED) is 0.641. The molecule has 4 heteroatoms. The van der Waals surface area contributed by atoms with Crippen LogP contribution in [0.15, 0.2) is 18.3 Å². The number of aromatic nitrogens is 1. The van der Waals surface area contributed by atoms with Crippen molar-refractivity contribution in [2.24, 2.45) is 5.92 Å². The minimum atomic E-state index is -0.339. The highest BCUT2D eigenvalue weighted by atomic mass is 16.5. The third kappa shape index (κ3) is 4.60. The van der Waals surface area contributed by atoms with Gasteiger partial charge >= 0.3 is 5.97 Å². The first-order valence-electron chi connectivity index (χ1n) is 7.53. The van der Waals surface area contributed by atoms with Crippen LogP contribution in [0.4, 0.5) is 0 Å². The molecule has 0 amide bonds. The molecule has 110 valence electrons. The summed E-state index contributed by atoms with van der Waals surface area (Å²) in [5, 5.41) is 3.43. The molecule has 0 aromatic carbocycles. The molecule has 2 rings (SSSR count). The predicted octanol–water partition coefficient (Wildman–Crippen LogP) is 2.93. The van der Waals surface area contributed by atoms with Gasteiger partial charge in [0.05, 0.1) is 18.4 Å². The van der Waals surface area contributed by atoms with Crippen LogP contribution in [0.2, 0.25) is 0 Å². The zero-order valence-electron chi connectivity index (χ0n) is 12.2. The van der Waals surface area contributed by atoms with Crippen molar-refractivity contribution in [2.45, 2.75) is 45.1 Å². The Morgan fingerprint density at radius 2 is 2.15 bits per heavy atom. The highest BCUT2D eigenvalue weighted by Gasteiger charge is 2.12. The number of carbonyl (C=O) groups excluding carboxylic acids is 1. The molecule has 0 unspecified atom stereocenters. The number of nitrogens with one attached hydrogen (secondary N) is 1. The Morgan fingerprint density at radius 1 is 1.35 bits per heavy atom. The summed E-state index contributed by atoms with van der Waals surface area (Å²) >= 11 is 0. The summed E-state index contributed by atoms with van der Waals surface area (Å²) in [6.45, 7) is 1.80. The molecule has 1 aliphatic rings. The highest BCUT2D eigenvalue weighted by Crippen LogP contribution is 2.25. The molecule has 1 heterocycles. The van der Waals surface area contributed by atoms with Gasteiger partial charge in [0, 0.05) is 12.7 Å². The first kappa shape index (κ1) is 15.0. The number of methoxy groups -OCH3 is 1. The van der Waals surface area contributed by atoms with E-state index in [-0.39, 0.29) is 5.97 Å². The maximum Gasteiger partial charge on any atom is 0.339 e. The SMILES string of the molecule is COC(=O)c1ccc(CNCCC2CCCCC2)nc1. The van der Waals surface area contributed by atoms with Crippen molar-refractivity contribution < 1.29 is 9.53 Å². The summed E-state index contributed by atoms with van der Waals surface area (Å²) in [6, 6.07) is 3.64. The number of esters is 1. The van der Waals surface area contributed by atoms with E-state index in [1.807, 2.05) is 6.07 Å². The number of hydrogen-bond donors (Lipinski definition) is 1. The van der Waals surface area contributed by atoms with E-state index in [2.05, 4.69) is 15.0 Å². The van der Waals surface area contributed by atoms with E-state index in [0.29, 0.717) is 5.56 Å². The zero-order valence-corrected chi connectivity index (χ0v) is 12.2. The molecule has 1 fully saturated rings. The van der Waals surface area contributed by atoms with E-state index in [0.717, 1.165) is 24.7 Å². The summed E-state index contributed by atoms with van der Waals surface area (Å²) in [5.74, 6) is 0.570. The first-order chi connectivity index (χ1) is 9.79. The van der Waals surface area contributed by atoms with Gasteiger partial charge in [-0.15, -0.1) is 0 Å². The lowest BCUT2D eigenvalue weighted by molar-refractivity contribution is 0.0600. The van der Waals surface area contributed by atoms with Gasteiger partial charge in [0.1, 0.15) is 0 Å². The fraction of sp³-hybridized carbons (Fsp3) is 0.625. The lowest BCUT2D eigenvalue weighted by Gasteiger charge is -2.21. The van der Waals surface area contributed by atoms with Gasteiger partial charge in [-0.2, -0.15) is 0 Å². The number of pyridine rings is 1. The van der Waals surface area contributed by atoms with Crippen molar-refractivity contribution in [3.8, 4) is 0 Å². The van der Waals surface area contributed by atoms with E-state index in [1.165, 1.54) is 45.6 Å².